The minimum Gasteiger partial charge on any atom is -0.267 e. The largest absolute Gasteiger partial charge is 0.282 e. The van der Waals surface area contributed by atoms with Gasteiger partial charge in [-0.2, -0.15) is 5.01 Å². The van der Waals surface area contributed by atoms with Crippen LogP contribution in [0.5, 0.6) is 0 Å². The fourth-order valence-electron chi connectivity index (χ4n) is 3.50. The Bertz CT molecular complexity index is 1450. The van der Waals surface area contributed by atoms with E-state index in [0.29, 0.717) is 10.6 Å². The number of fused-ring (bicyclic) bond motifs is 1. The van der Waals surface area contributed by atoms with Crippen LogP contribution < -0.4 is 0 Å². The zero-order chi connectivity index (χ0) is 26.5. The Morgan fingerprint density at radius 2 is 1.42 bits per heavy atom. The van der Waals surface area contributed by atoms with E-state index in [-0.39, 0.29) is 59.1 Å². The number of hydrogen-bond donors (Lipinski definition) is 0. The van der Waals surface area contributed by atoms with E-state index in [1.54, 1.807) is 0 Å². The lowest BCUT2D eigenvalue weighted by atomic mass is 10.1. The first kappa shape index (κ1) is 26.5. The van der Waals surface area contributed by atoms with Crippen LogP contribution >= 0.6 is 69.6 Å². The van der Waals surface area contributed by atoms with Crippen LogP contribution in [0, 0.1) is 10.1 Å². The molecule has 0 bridgehead atoms. The summed E-state index contributed by atoms with van der Waals surface area (Å²) in [5.74, 6) is -2.91. The number of nitro groups is 1. The summed E-state index contributed by atoms with van der Waals surface area (Å²) in [6.07, 6.45) is 0. The van der Waals surface area contributed by atoms with Crippen LogP contribution in [0.4, 0.5) is 5.69 Å². The maximum Gasteiger partial charge on any atom is 0.282 e. The van der Waals surface area contributed by atoms with Crippen molar-refractivity contribution in [3.05, 3.63) is 105 Å². The van der Waals surface area contributed by atoms with Crippen molar-refractivity contribution in [2.24, 2.45) is 0 Å². The molecule has 0 atom stereocenters. The number of rotatable bonds is 5. The Kier molecular flexibility index (Phi) is 7.39. The highest BCUT2D eigenvalue weighted by Crippen LogP contribution is 2.45. The van der Waals surface area contributed by atoms with Gasteiger partial charge in [-0.05, 0) is 23.8 Å². The summed E-state index contributed by atoms with van der Waals surface area (Å²) in [5, 5.41) is 11.8. The Morgan fingerprint density at radius 1 is 0.833 bits per heavy atom. The Morgan fingerprint density at radius 3 is 1.94 bits per heavy atom. The van der Waals surface area contributed by atoms with E-state index in [1.807, 2.05) is 0 Å². The van der Waals surface area contributed by atoms with Crippen LogP contribution in [-0.2, 0) is 6.54 Å². The van der Waals surface area contributed by atoms with Crippen molar-refractivity contribution in [2.75, 3.05) is 0 Å². The van der Waals surface area contributed by atoms with Gasteiger partial charge in [-0.25, -0.2) is 5.01 Å². The van der Waals surface area contributed by atoms with Gasteiger partial charge in [0, 0.05) is 17.7 Å². The number of carbonyl (C=O) groups is 3. The van der Waals surface area contributed by atoms with E-state index >= 15 is 0 Å². The van der Waals surface area contributed by atoms with Crippen molar-refractivity contribution in [3.63, 3.8) is 0 Å². The summed E-state index contributed by atoms with van der Waals surface area (Å²) >= 11 is 36.6. The van der Waals surface area contributed by atoms with Crippen molar-refractivity contribution in [3.8, 4) is 0 Å². The molecule has 4 rings (SSSR count). The Hall–Kier alpha value is -2.59. The summed E-state index contributed by atoms with van der Waals surface area (Å²) in [6.45, 7) is -0.361. The molecule has 3 aromatic carbocycles. The van der Waals surface area contributed by atoms with Gasteiger partial charge in [0.25, 0.3) is 23.4 Å². The smallest absolute Gasteiger partial charge is 0.267 e. The third kappa shape index (κ3) is 4.49. The van der Waals surface area contributed by atoms with E-state index in [2.05, 4.69) is 0 Å². The zero-order valence-electron chi connectivity index (χ0n) is 17.4. The van der Waals surface area contributed by atoms with E-state index < -0.39 is 22.6 Å². The van der Waals surface area contributed by atoms with Gasteiger partial charge in [0.05, 0.1) is 52.7 Å². The SMILES string of the molecule is O=C(c1cccc([N+](=O)[O-])c1)N(Cc1ccc(Cl)c(Cl)c1)N1C(=O)c2c(Cl)c(Cl)c(Cl)c(Cl)c2C1=O. The molecule has 8 nitrogen and oxygen atoms in total. The topological polar surface area (TPSA) is 101 Å². The van der Waals surface area contributed by atoms with E-state index in [9.17, 15) is 24.5 Å². The number of nitro benzene ring substituents is 1. The van der Waals surface area contributed by atoms with Crippen LogP contribution in [0.15, 0.2) is 42.5 Å². The van der Waals surface area contributed by atoms with Crippen LogP contribution in [0.1, 0.15) is 36.6 Å². The van der Waals surface area contributed by atoms with Gasteiger partial charge in [0.2, 0.25) is 0 Å². The number of benzene rings is 3. The third-order valence-corrected chi connectivity index (χ3v) is 7.72. The predicted octanol–water partition coefficient (Wildman–Crippen LogP) is 7.37. The number of non-ortho nitro benzene ring substituents is 1. The first-order valence-electron chi connectivity index (χ1n) is 9.69. The number of halogens is 6. The van der Waals surface area contributed by atoms with Gasteiger partial charge in [-0.15, -0.1) is 0 Å². The molecule has 0 aromatic heterocycles. The molecule has 14 heteroatoms. The summed E-state index contributed by atoms with van der Waals surface area (Å²) in [6, 6.07) is 9.20. The second kappa shape index (κ2) is 10.0. The molecular weight excluding hydrogens is 599 g/mol. The van der Waals surface area contributed by atoms with Crippen LogP contribution in [0.25, 0.3) is 0 Å². The minimum absolute atomic E-state index is 0.156. The van der Waals surface area contributed by atoms with Crippen molar-refractivity contribution in [1.29, 1.82) is 0 Å². The molecule has 1 heterocycles. The number of hydrazine groups is 1. The number of hydrogen-bond acceptors (Lipinski definition) is 5. The molecule has 3 aromatic rings. The maximum atomic E-state index is 13.6. The number of imide groups is 1. The summed E-state index contributed by atoms with van der Waals surface area (Å²) in [5.41, 5.74) is -0.844. The molecule has 3 amide bonds. The highest BCUT2D eigenvalue weighted by molar-refractivity contribution is 6.55. The van der Waals surface area contributed by atoms with Crippen LogP contribution in [-0.4, -0.2) is 32.7 Å². The van der Waals surface area contributed by atoms with E-state index in [0.717, 1.165) is 11.1 Å². The quantitative estimate of drug-likeness (QED) is 0.0991. The van der Waals surface area contributed by atoms with E-state index in [1.165, 1.54) is 36.4 Å². The molecule has 1 aliphatic heterocycles. The average molecular weight is 608 g/mol. The first-order valence-corrected chi connectivity index (χ1v) is 12.0. The number of amides is 3. The normalized spacial score (nSPS) is 12.7. The molecule has 0 fully saturated rings. The second-order valence-electron chi connectivity index (χ2n) is 7.35. The Labute approximate surface area is 232 Å². The van der Waals surface area contributed by atoms with Crippen LogP contribution in [0.3, 0.4) is 0 Å². The lowest BCUT2D eigenvalue weighted by Gasteiger charge is -2.30. The lowest BCUT2D eigenvalue weighted by Crippen LogP contribution is -2.49. The molecular formula is C22H9Cl6N3O5. The molecule has 0 N–H and O–H groups in total. The molecule has 0 saturated carbocycles. The van der Waals surface area contributed by atoms with Gasteiger partial charge in [0.1, 0.15) is 0 Å². The molecule has 1 aliphatic rings. The van der Waals surface area contributed by atoms with Gasteiger partial charge < -0.3 is 0 Å². The van der Waals surface area contributed by atoms with Crippen molar-refractivity contribution < 1.29 is 19.3 Å². The predicted molar refractivity (Wildman–Crippen MR) is 136 cm³/mol. The van der Waals surface area contributed by atoms with Gasteiger partial charge in [-0.1, -0.05) is 81.7 Å². The number of carbonyl (C=O) groups excluding carboxylic acids is 3. The monoisotopic (exact) mass is 605 g/mol. The van der Waals surface area contributed by atoms with Gasteiger partial charge in [-0.3, -0.25) is 24.5 Å². The highest BCUT2D eigenvalue weighted by Gasteiger charge is 2.46. The summed E-state index contributed by atoms with van der Waals surface area (Å²) < 4.78 is 0. The summed E-state index contributed by atoms with van der Waals surface area (Å²) in [7, 11) is 0. The first-order chi connectivity index (χ1) is 16.9. The second-order valence-corrected chi connectivity index (χ2v) is 9.67. The van der Waals surface area contributed by atoms with Gasteiger partial charge in [0.15, 0.2) is 0 Å². The molecule has 0 radical (unpaired) electrons. The molecule has 0 unspecified atom stereocenters. The van der Waals surface area contributed by atoms with Crippen molar-refractivity contribution in [2.45, 2.75) is 6.54 Å². The van der Waals surface area contributed by atoms with Crippen LogP contribution in [0.2, 0.25) is 30.1 Å². The van der Waals surface area contributed by atoms with E-state index in [4.69, 9.17) is 69.6 Å². The van der Waals surface area contributed by atoms with Gasteiger partial charge >= 0.3 is 0 Å². The van der Waals surface area contributed by atoms with Crippen molar-refractivity contribution >= 4 is 93.0 Å². The fourth-order valence-corrected chi connectivity index (χ4v) is 4.84. The van der Waals surface area contributed by atoms with Crippen molar-refractivity contribution in [1.82, 2.24) is 10.0 Å². The molecule has 0 saturated heterocycles. The maximum absolute atomic E-state index is 13.6. The highest BCUT2D eigenvalue weighted by atomic mass is 35.5. The average Bonchev–Trinajstić information content (AvgIpc) is 3.11. The molecule has 0 spiro atoms. The minimum atomic E-state index is -1.00. The molecule has 184 valence electrons. The third-order valence-electron chi connectivity index (χ3n) is 5.18. The Balaban J connectivity index is 1.86. The zero-order valence-corrected chi connectivity index (χ0v) is 21.9. The number of nitrogens with zero attached hydrogens (tertiary/aromatic N) is 3. The standard InChI is InChI=1S/C22H9Cl6N3O5/c23-12-5-4-9(6-13(12)24)8-29(20(32)10-2-1-3-11(7-10)31(35)36)30-21(33)14-15(22(30)34)17(26)19(28)18(27)16(14)25/h1-7H,8H2. The molecule has 36 heavy (non-hydrogen) atoms. The summed E-state index contributed by atoms with van der Waals surface area (Å²) in [4.78, 5) is 51.0. The lowest BCUT2D eigenvalue weighted by molar-refractivity contribution is -0.384. The molecule has 0 aliphatic carbocycles. The fraction of sp³-hybridized carbons (Fsp3) is 0.0455.